The lowest BCUT2D eigenvalue weighted by molar-refractivity contribution is -0.383. The number of rotatable bonds is 6. The second kappa shape index (κ2) is 7.05. The van der Waals surface area contributed by atoms with Crippen molar-refractivity contribution in [2.75, 3.05) is 5.32 Å². The number of fused-ring (bicyclic) bond motifs is 1. The van der Waals surface area contributed by atoms with Gasteiger partial charge in [0.2, 0.25) is 5.78 Å². The van der Waals surface area contributed by atoms with E-state index in [2.05, 4.69) is 14.9 Å². The van der Waals surface area contributed by atoms with Gasteiger partial charge in [-0.05, 0) is 43.2 Å². The molecule has 2 heterocycles. The molecule has 1 aliphatic rings. The zero-order valence-corrected chi connectivity index (χ0v) is 17.1. The molecule has 0 unspecified atom stereocenters. The van der Waals surface area contributed by atoms with Crippen LogP contribution in [0.3, 0.4) is 0 Å². The fraction of sp³-hybridized carbons (Fsp3) is 0.227. The molecule has 5 rings (SSSR count). The molecular formula is C22H20N6O3. The van der Waals surface area contributed by atoms with E-state index < -0.39 is 4.92 Å². The van der Waals surface area contributed by atoms with Gasteiger partial charge in [0.25, 0.3) is 5.69 Å². The Morgan fingerprint density at radius 1 is 1.19 bits per heavy atom. The molecule has 1 saturated carbocycles. The number of carbonyl (C=O) groups is 1. The van der Waals surface area contributed by atoms with Crippen LogP contribution in [0.25, 0.3) is 11.0 Å². The van der Waals surface area contributed by atoms with Crippen molar-refractivity contribution in [3.05, 3.63) is 76.1 Å². The zero-order chi connectivity index (χ0) is 21.7. The molecule has 2 aromatic heterocycles. The summed E-state index contributed by atoms with van der Waals surface area (Å²) in [7, 11) is 3.71. The fourth-order valence-corrected chi connectivity index (χ4v) is 3.80. The minimum Gasteiger partial charge on any atom is -0.350 e. The van der Waals surface area contributed by atoms with Gasteiger partial charge < -0.3 is 14.5 Å². The summed E-state index contributed by atoms with van der Waals surface area (Å²) in [6.45, 7) is 0. The summed E-state index contributed by atoms with van der Waals surface area (Å²) >= 11 is 0. The van der Waals surface area contributed by atoms with Crippen LogP contribution in [0.5, 0.6) is 0 Å². The van der Waals surface area contributed by atoms with Gasteiger partial charge in [0.15, 0.2) is 5.82 Å². The van der Waals surface area contributed by atoms with Gasteiger partial charge in [-0.25, -0.2) is 9.97 Å². The summed E-state index contributed by atoms with van der Waals surface area (Å²) in [5.41, 5.74) is 2.90. The van der Waals surface area contributed by atoms with Crippen LogP contribution in [0.2, 0.25) is 0 Å². The van der Waals surface area contributed by atoms with Gasteiger partial charge in [-0.2, -0.15) is 0 Å². The van der Waals surface area contributed by atoms with Crippen molar-refractivity contribution >= 4 is 33.9 Å². The van der Waals surface area contributed by atoms with Crippen LogP contribution < -0.4 is 5.32 Å². The number of hydrogen-bond donors (Lipinski definition) is 1. The third-order valence-electron chi connectivity index (χ3n) is 5.62. The minimum atomic E-state index is -0.498. The van der Waals surface area contributed by atoms with E-state index in [1.165, 1.54) is 12.3 Å². The van der Waals surface area contributed by atoms with Crippen LogP contribution in [-0.4, -0.2) is 29.8 Å². The van der Waals surface area contributed by atoms with Crippen molar-refractivity contribution in [2.24, 2.45) is 14.1 Å². The third-order valence-corrected chi connectivity index (χ3v) is 5.62. The molecule has 2 aromatic carbocycles. The highest BCUT2D eigenvalue weighted by Gasteiger charge is 2.28. The van der Waals surface area contributed by atoms with Gasteiger partial charge in [0.05, 0.1) is 16.0 Å². The minimum absolute atomic E-state index is 0.181. The number of aryl methyl sites for hydroxylation is 2. The molecule has 9 heteroatoms. The first-order chi connectivity index (χ1) is 14.9. The van der Waals surface area contributed by atoms with Crippen LogP contribution in [0.1, 0.15) is 40.8 Å². The van der Waals surface area contributed by atoms with Crippen molar-refractivity contribution in [1.29, 1.82) is 0 Å². The summed E-state index contributed by atoms with van der Waals surface area (Å²) < 4.78 is 3.69. The van der Waals surface area contributed by atoms with E-state index >= 15 is 0 Å². The van der Waals surface area contributed by atoms with Crippen LogP contribution >= 0.6 is 0 Å². The normalized spacial score (nSPS) is 13.5. The Balaban J connectivity index is 1.48. The molecule has 0 bridgehead atoms. The standard InChI is InChI=1S/C22H20N6O3/c1-26-10-9-23-22(26)20(29)14-5-7-16(19(11-14)28(30)31)24-15-6-8-18-17(12-15)25-21(27(18)2)13-3-4-13/h5-13,24H,3-4H2,1-2H3. The largest absolute Gasteiger partial charge is 0.350 e. The highest BCUT2D eigenvalue weighted by atomic mass is 16.6. The molecule has 1 N–H and O–H groups in total. The molecule has 1 fully saturated rings. The van der Waals surface area contributed by atoms with E-state index in [1.54, 1.807) is 29.9 Å². The highest BCUT2D eigenvalue weighted by Crippen LogP contribution is 2.40. The number of aromatic nitrogens is 4. The molecule has 156 valence electrons. The van der Waals surface area contributed by atoms with Crippen molar-refractivity contribution in [2.45, 2.75) is 18.8 Å². The summed E-state index contributed by atoms with van der Waals surface area (Å²) in [5, 5.41) is 14.8. The number of imidazole rings is 2. The van der Waals surface area contributed by atoms with Crippen LogP contribution in [0, 0.1) is 10.1 Å². The Kier molecular flexibility index (Phi) is 4.32. The lowest BCUT2D eigenvalue weighted by Gasteiger charge is -2.09. The molecule has 31 heavy (non-hydrogen) atoms. The molecule has 0 amide bonds. The lowest BCUT2D eigenvalue weighted by Crippen LogP contribution is -2.09. The van der Waals surface area contributed by atoms with Gasteiger partial charge in [0.1, 0.15) is 11.5 Å². The van der Waals surface area contributed by atoms with Crippen molar-refractivity contribution in [3.63, 3.8) is 0 Å². The number of carbonyl (C=O) groups excluding carboxylic acids is 1. The van der Waals surface area contributed by atoms with E-state index in [1.807, 2.05) is 25.2 Å². The van der Waals surface area contributed by atoms with Gasteiger partial charge in [-0.1, -0.05) is 0 Å². The second-order valence-electron chi connectivity index (χ2n) is 7.81. The van der Waals surface area contributed by atoms with Gasteiger partial charge in [-0.3, -0.25) is 14.9 Å². The molecule has 0 atom stereocenters. The predicted octanol–water partition coefficient (Wildman–Crippen LogP) is 4.07. The first kappa shape index (κ1) is 19.0. The Morgan fingerprint density at radius 3 is 2.68 bits per heavy atom. The quantitative estimate of drug-likeness (QED) is 0.288. The topological polar surface area (TPSA) is 108 Å². The first-order valence-electron chi connectivity index (χ1n) is 9.96. The number of ketones is 1. The molecule has 0 saturated heterocycles. The van der Waals surface area contributed by atoms with Gasteiger partial charge >= 0.3 is 0 Å². The number of anilines is 2. The molecule has 0 aliphatic heterocycles. The highest BCUT2D eigenvalue weighted by molar-refractivity contribution is 6.07. The molecule has 9 nitrogen and oxygen atoms in total. The Labute approximate surface area is 177 Å². The Morgan fingerprint density at radius 2 is 2.00 bits per heavy atom. The van der Waals surface area contributed by atoms with Crippen LogP contribution in [-0.2, 0) is 14.1 Å². The van der Waals surface area contributed by atoms with E-state index in [0.29, 0.717) is 17.3 Å². The maximum atomic E-state index is 12.7. The predicted molar refractivity (Wildman–Crippen MR) is 116 cm³/mol. The van der Waals surface area contributed by atoms with Gasteiger partial charge in [-0.15, -0.1) is 0 Å². The maximum Gasteiger partial charge on any atom is 0.293 e. The zero-order valence-electron chi connectivity index (χ0n) is 17.1. The molecule has 1 aliphatic carbocycles. The first-order valence-corrected chi connectivity index (χ1v) is 9.96. The van der Waals surface area contributed by atoms with E-state index in [4.69, 9.17) is 4.98 Å². The second-order valence-corrected chi connectivity index (χ2v) is 7.81. The summed E-state index contributed by atoms with van der Waals surface area (Å²) in [4.78, 5) is 32.7. The van der Waals surface area contributed by atoms with Crippen LogP contribution in [0.15, 0.2) is 48.8 Å². The molecule has 0 radical (unpaired) electrons. The third kappa shape index (κ3) is 3.33. The average Bonchev–Trinajstić information content (AvgIpc) is 3.43. The maximum absolute atomic E-state index is 12.7. The van der Waals surface area contributed by atoms with Crippen molar-refractivity contribution < 1.29 is 9.72 Å². The van der Waals surface area contributed by atoms with Gasteiger partial charge in [0, 0.05) is 49.7 Å². The number of nitrogens with zero attached hydrogens (tertiary/aromatic N) is 5. The average molecular weight is 416 g/mol. The Hall–Kier alpha value is -4.01. The molecule has 4 aromatic rings. The number of nitro benzene ring substituents is 1. The smallest absolute Gasteiger partial charge is 0.293 e. The van der Waals surface area contributed by atoms with E-state index in [0.717, 1.165) is 29.7 Å². The summed E-state index contributed by atoms with van der Waals surface area (Å²) in [6.07, 6.45) is 5.50. The number of nitrogens with one attached hydrogen (secondary N) is 1. The summed E-state index contributed by atoms with van der Waals surface area (Å²) in [6, 6.07) is 10.1. The number of hydrogen-bond acceptors (Lipinski definition) is 6. The fourth-order valence-electron chi connectivity index (χ4n) is 3.80. The lowest BCUT2D eigenvalue weighted by atomic mass is 10.1. The number of nitro groups is 1. The number of benzene rings is 2. The van der Waals surface area contributed by atoms with E-state index in [-0.39, 0.29) is 22.9 Å². The monoisotopic (exact) mass is 416 g/mol. The SMILES string of the molecule is Cn1ccnc1C(=O)c1ccc(Nc2ccc3c(c2)nc(C2CC2)n3C)c([N+](=O)[O-])c1. The van der Waals surface area contributed by atoms with E-state index in [9.17, 15) is 14.9 Å². The Bertz CT molecular complexity index is 1350. The van der Waals surface area contributed by atoms with Crippen LogP contribution in [0.4, 0.5) is 17.1 Å². The van der Waals surface area contributed by atoms with Crippen molar-refractivity contribution in [1.82, 2.24) is 19.1 Å². The molecule has 0 spiro atoms. The summed E-state index contributed by atoms with van der Waals surface area (Å²) in [5.74, 6) is 1.46. The van der Waals surface area contributed by atoms with Crippen molar-refractivity contribution in [3.8, 4) is 0 Å². The molecular weight excluding hydrogens is 396 g/mol.